The maximum Gasteiger partial charge on any atom is 0.128 e. The van der Waals surface area contributed by atoms with Crippen LogP contribution in [0.1, 0.15) is 36.3 Å². The zero-order chi connectivity index (χ0) is 13.8. The molecular weight excluding hydrogens is 309 g/mol. The van der Waals surface area contributed by atoms with E-state index in [9.17, 15) is 4.39 Å². The number of hydrogen-bond acceptors (Lipinski definition) is 2. The van der Waals surface area contributed by atoms with Crippen LogP contribution >= 0.6 is 15.9 Å². The van der Waals surface area contributed by atoms with Crippen LogP contribution in [-0.2, 0) is 0 Å². The minimum Gasteiger partial charge on any atom is -0.469 e. The lowest BCUT2D eigenvalue weighted by molar-refractivity contribution is 0.516. The Labute approximate surface area is 121 Å². The van der Waals surface area contributed by atoms with E-state index in [0.29, 0.717) is 5.56 Å². The SMILES string of the molecule is CCCNC(c1coc(C)c1)c1cc(Br)ccc1F. The van der Waals surface area contributed by atoms with Crippen molar-refractivity contribution >= 4 is 15.9 Å². The topological polar surface area (TPSA) is 25.2 Å². The number of hydrogen-bond donors (Lipinski definition) is 1. The Morgan fingerprint density at radius 1 is 1.37 bits per heavy atom. The largest absolute Gasteiger partial charge is 0.469 e. The third kappa shape index (κ3) is 3.45. The average molecular weight is 326 g/mol. The quantitative estimate of drug-likeness (QED) is 0.870. The molecule has 1 aromatic carbocycles. The van der Waals surface area contributed by atoms with E-state index < -0.39 is 0 Å². The van der Waals surface area contributed by atoms with Gasteiger partial charge in [0, 0.05) is 15.6 Å². The van der Waals surface area contributed by atoms with Gasteiger partial charge in [0.25, 0.3) is 0 Å². The highest BCUT2D eigenvalue weighted by Gasteiger charge is 2.19. The van der Waals surface area contributed by atoms with Gasteiger partial charge in [-0.15, -0.1) is 0 Å². The molecule has 1 unspecified atom stereocenters. The molecule has 0 fully saturated rings. The number of benzene rings is 1. The van der Waals surface area contributed by atoms with Crippen LogP contribution in [0.2, 0.25) is 0 Å². The Bertz CT molecular complexity index is 553. The summed E-state index contributed by atoms with van der Waals surface area (Å²) in [6.07, 6.45) is 2.67. The summed E-state index contributed by atoms with van der Waals surface area (Å²) in [5, 5.41) is 3.36. The van der Waals surface area contributed by atoms with Crippen LogP contribution in [0.15, 0.2) is 39.4 Å². The van der Waals surface area contributed by atoms with Crippen molar-refractivity contribution < 1.29 is 8.81 Å². The van der Waals surface area contributed by atoms with Crippen molar-refractivity contribution in [2.45, 2.75) is 26.3 Å². The zero-order valence-corrected chi connectivity index (χ0v) is 12.6. The Morgan fingerprint density at radius 2 is 2.16 bits per heavy atom. The Balaban J connectivity index is 2.39. The van der Waals surface area contributed by atoms with Gasteiger partial charge in [-0.25, -0.2) is 4.39 Å². The molecule has 2 aromatic rings. The summed E-state index contributed by atoms with van der Waals surface area (Å²) in [7, 11) is 0. The molecule has 0 saturated carbocycles. The molecule has 0 aliphatic heterocycles. The number of nitrogens with one attached hydrogen (secondary N) is 1. The molecule has 2 rings (SSSR count). The second-order valence-corrected chi connectivity index (χ2v) is 5.46. The van der Waals surface area contributed by atoms with Crippen LogP contribution in [0.25, 0.3) is 0 Å². The van der Waals surface area contributed by atoms with E-state index in [2.05, 4.69) is 28.2 Å². The predicted octanol–water partition coefficient (Wildman–Crippen LogP) is 4.58. The molecule has 1 N–H and O–H groups in total. The molecule has 0 amide bonds. The Hall–Kier alpha value is -1.13. The number of rotatable bonds is 5. The Morgan fingerprint density at radius 3 is 2.79 bits per heavy atom. The van der Waals surface area contributed by atoms with Gasteiger partial charge < -0.3 is 9.73 Å². The fraction of sp³-hybridized carbons (Fsp3) is 0.333. The first kappa shape index (κ1) is 14.3. The molecule has 1 atom stereocenters. The Kier molecular flexibility index (Phi) is 4.77. The lowest BCUT2D eigenvalue weighted by atomic mass is 10.00. The third-order valence-electron chi connectivity index (χ3n) is 2.95. The third-order valence-corrected chi connectivity index (χ3v) is 3.44. The lowest BCUT2D eigenvalue weighted by Crippen LogP contribution is -2.23. The van der Waals surface area contributed by atoms with Crippen LogP contribution in [-0.4, -0.2) is 6.54 Å². The van der Waals surface area contributed by atoms with Gasteiger partial charge in [-0.05, 0) is 44.2 Å². The smallest absolute Gasteiger partial charge is 0.128 e. The molecule has 19 heavy (non-hydrogen) atoms. The molecule has 1 heterocycles. The van der Waals surface area contributed by atoms with Crippen molar-refractivity contribution in [3.8, 4) is 0 Å². The fourth-order valence-electron chi connectivity index (χ4n) is 2.05. The minimum atomic E-state index is -0.212. The summed E-state index contributed by atoms with van der Waals surface area (Å²) < 4.78 is 20.3. The molecule has 0 radical (unpaired) electrons. The molecule has 0 aliphatic carbocycles. The van der Waals surface area contributed by atoms with E-state index in [1.165, 1.54) is 6.07 Å². The van der Waals surface area contributed by atoms with Crippen molar-refractivity contribution in [2.75, 3.05) is 6.54 Å². The van der Waals surface area contributed by atoms with Gasteiger partial charge in [0.1, 0.15) is 11.6 Å². The normalized spacial score (nSPS) is 12.6. The highest BCUT2D eigenvalue weighted by atomic mass is 79.9. The van der Waals surface area contributed by atoms with Gasteiger partial charge in [-0.2, -0.15) is 0 Å². The van der Waals surface area contributed by atoms with Crippen molar-refractivity contribution in [1.82, 2.24) is 5.32 Å². The highest BCUT2D eigenvalue weighted by molar-refractivity contribution is 9.10. The maximum absolute atomic E-state index is 14.0. The standard InChI is InChI=1S/C15H17BrFNO/c1-3-6-18-15(11-7-10(2)19-9-11)13-8-12(16)4-5-14(13)17/h4-5,7-9,15,18H,3,6H2,1-2H3. The first-order chi connectivity index (χ1) is 9.11. The molecule has 102 valence electrons. The van der Waals surface area contributed by atoms with Gasteiger partial charge in [0.05, 0.1) is 12.3 Å². The molecule has 0 bridgehead atoms. The number of aryl methyl sites for hydroxylation is 1. The molecule has 4 heteroatoms. The molecule has 1 aromatic heterocycles. The number of halogens is 2. The van der Waals surface area contributed by atoms with E-state index in [4.69, 9.17) is 4.42 Å². The van der Waals surface area contributed by atoms with Gasteiger partial charge >= 0.3 is 0 Å². The fourth-order valence-corrected chi connectivity index (χ4v) is 2.43. The van der Waals surface area contributed by atoms with E-state index in [1.807, 2.05) is 19.1 Å². The van der Waals surface area contributed by atoms with Gasteiger partial charge in [0.2, 0.25) is 0 Å². The van der Waals surface area contributed by atoms with E-state index in [1.54, 1.807) is 12.3 Å². The van der Waals surface area contributed by atoms with Crippen molar-refractivity contribution in [3.63, 3.8) is 0 Å². The van der Waals surface area contributed by atoms with Crippen LogP contribution in [0.5, 0.6) is 0 Å². The summed E-state index contributed by atoms with van der Waals surface area (Å²) in [4.78, 5) is 0. The van der Waals surface area contributed by atoms with Crippen LogP contribution < -0.4 is 5.32 Å². The van der Waals surface area contributed by atoms with Crippen molar-refractivity contribution in [2.24, 2.45) is 0 Å². The summed E-state index contributed by atoms with van der Waals surface area (Å²) in [6.45, 7) is 4.79. The average Bonchev–Trinajstić information content (AvgIpc) is 2.80. The van der Waals surface area contributed by atoms with Crippen LogP contribution in [0.3, 0.4) is 0 Å². The lowest BCUT2D eigenvalue weighted by Gasteiger charge is -2.18. The molecular formula is C15H17BrFNO. The minimum absolute atomic E-state index is 0.185. The van der Waals surface area contributed by atoms with Gasteiger partial charge in [-0.1, -0.05) is 22.9 Å². The zero-order valence-electron chi connectivity index (χ0n) is 11.0. The summed E-state index contributed by atoms with van der Waals surface area (Å²) in [5.41, 5.74) is 1.58. The summed E-state index contributed by atoms with van der Waals surface area (Å²) in [5.74, 6) is 0.615. The van der Waals surface area contributed by atoms with Gasteiger partial charge in [-0.3, -0.25) is 0 Å². The predicted molar refractivity (Wildman–Crippen MR) is 77.7 cm³/mol. The van der Waals surface area contributed by atoms with E-state index in [-0.39, 0.29) is 11.9 Å². The first-order valence-electron chi connectivity index (χ1n) is 6.35. The molecule has 0 spiro atoms. The second kappa shape index (κ2) is 6.35. The second-order valence-electron chi connectivity index (χ2n) is 4.54. The van der Waals surface area contributed by atoms with E-state index >= 15 is 0 Å². The number of furan rings is 1. The van der Waals surface area contributed by atoms with E-state index in [0.717, 1.165) is 28.8 Å². The molecule has 0 saturated heterocycles. The molecule has 2 nitrogen and oxygen atoms in total. The maximum atomic E-state index is 14.0. The van der Waals surface area contributed by atoms with Crippen molar-refractivity contribution in [3.05, 3.63) is 57.7 Å². The first-order valence-corrected chi connectivity index (χ1v) is 7.14. The van der Waals surface area contributed by atoms with Crippen LogP contribution in [0, 0.1) is 12.7 Å². The van der Waals surface area contributed by atoms with Gasteiger partial charge in [0.15, 0.2) is 0 Å². The molecule has 0 aliphatic rings. The summed E-state index contributed by atoms with van der Waals surface area (Å²) in [6, 6.07) is 6.75. The van der Waals surface area contributed by atoms with Crippen LogP contribution in [0.4, 0.5) is 4.39 Å². The summed E-state index contributed by atoms with van der Waals surface area (Å²) >= 11 is 3.39. The van der Waals surface area contributed by atoms with Crippen molar-refractivity contribution in [1.29, 1.82) is 0 Å². The monoisotopic (exact) mass is 325 g/mol. The highest BCUT2D eigenvalue weighted by Crippen LogP contribution is 2.28.